The highest BCUT2D eigenvalue weighted by Crippen LogP contribution is 2.28. The monoisotopic (exact) mass is 229 g/mol. The average Bonchev–Trinajstić information content (AvgIpc) is 2.31. The van der Waals surface area contributed by atoms with Crippen LogP contribution in [0.4, 0.5) is 13.2 Å². The molecule has 0 amide bonds. The minimum absolute atomic E-state index is 0. The van der Waals surface area contributed by atoms with E-state index in [9.17, 15) is 13.2 Å². The van der Waals surface area contributed by atoms with Crippen molar-refractivity contribution in [3.8, 4) is 0 Å². The molecule has 0 saturated heterocycles. The van der Waals surface area contributed by atoms with E-state index in [4.69, 9.17) is 10.2 Å². The zero-order valence-corrected chi connectivity index (χ0v) is 8.28. The predicted octanol–water partition coefficient (Wildman–Crippen LogP) is 2.96. The molecule has 1 aromatic rings. The molecular formula is C8H11ClF3NO. The first-order valence-corrected chi connectivity index (χ1v) is 3.77. The molecule has 1 heterocycles. The zero-order valence-electron chi connectivity index (χ0n) is 7.47. The molecule has 0 aliphatic carbocycles. The highest BCUT2D eigenvalue weighted by Gasteiger charge is 2.31. The molecule has 0 unspecified atom stereocenters. The fourth-order valence-electron chi connectivity index (χ4n) is 1.00. The Morgan fingerprint density at radius 2 is 2.00 bits per heavy atom. The highest BCUT2D eigenvalue weighted by atomic mass is 35.5. The van der Waals surface area contributed by atoms with Crippen LogP contribution in [0, 0.1) is 6.92 Å². The SMILES string of the molecule is Cc1ccc([C@@H](N)CC(F)(F)F)o1.Cl. The molecule has 0 aliphatic rings. The number of hydrogen-bond acceptors (Lipinski definition) is 2. The smallest absolute Gasteiger partial charge is 0.391 e. The van der Waals surface area contributed by atoms with E-state index in [0.717, 1.165) is 0 Å². The van der Waals surface area contributed by atoms with E-state index in [0.29, 0.717) is 5.76 Å². The number of nitrogens with two attached hydrogens (primary N) is 1. The van der Waals surface area contributed by atoms with Gasteiger partial charge in [-0.15, -0.1) is 12.4 Å². The highest BCUT2D eigenvalue weighted by molar-refractivity contribution is 5.85. The van der Waals surface area contributed by atoms with Gasteiger partial charge in [0.15, 0.2) is 0 Å². The van der Waals surface area contributed by atoms with Crippen molar-refractivity contribution in [2.75, 3.05) is 0 Å². The van der Waals surface area contributed by atoms with E-state index >= 15 is 0 Å². The van der Waals surface area contributed by atoms with Gasteiger partial charge in [-0.05, 0) is 19.1 Å². The van der Waals surface area contributed by atoms with Gasteiger partial charge >= 0.3 is 6.18 Å². The molecule has 0 fully saturated rings. The minimum Gasteiger partial charge on any atom is -0.465 e. The van der Waals surface area contributed by atoms with Crippen LogP contribution in [0.2, 0.25) is 0 Å². The molecule has 0 aromatic carbocycles. The first-order valence-electron chi connectivity index (χ1n) is 3.77. The first-order chi connectivity index (χ1) is 5.88. The van der Waals surface area contributed by atoms with Crippen LogP contribution in [-0.4, -0.2) is 6.18 Å². The van der Waals surface area contributed by atoms with Crippen molar-refractivity contribution in [3.63, 3.8) is 0 Å². The van der Waals surface area contributed by atoms with Crippen molar-refractivity contribution >= 4 is 12.4 Å². The summed E-state index contributed by atoms with van der Waals surface area (Å²) in [4.78, 5) is 0. The molecule has 1 rings (SSSR count). The molecule has 0 bridgehead atoms. The Labute approximate surface area is 85.7 Å². The molecule has 6 heteroatoms. The Kier molecular flexibility index (Phi) is 4.48. The lowest BCUT2D eigenvalue weighted by Crippen LogP contribution is -2.19. The molecule has 14 heavy (non-hydrogen) atoms. The summed E-state index contributed by atoms with van der Waals surface area (Å²) in [6, 6.07) is 1.95. The Morgan fingerprint density at radius 1 is 1.43 bits per heavy atom. The fourth-order valence-corrected chi connectivity index (χ4v) is 1.00. The van der Waals surface area contributed by atoms with Crippen LogP contribution in [0.1, 0.15) is 24.0 Å². The molecular weight excluding hydrogens is 219 g/mol. The molecule has 0 saturated carbocycles. The molecule has 2 N–H and O–H groups in total. The zero-order chi connectivity index (χ0) is 10.1. The van der Waals surface area contributed by atoms with Crippen molar-refractivity contribution in [3.05, 3.63) is 23.7 Å². The third-order valence-corrected chi connectivity index (χ3v) is 1.58. The summed E-state index contributed by atoms with van der Waals surface area (Å²) in [5, 5.41) is 0. The van der Waals surface area contributed by atoms with Crippen LogP contribution in [-0.2, 0) is 0 Å². The van der Waals surface area contributed by atoms with Gasteiger partial charge in [-0.3, -0.25) is 0 Å². The maximum absolute atomic E-state index is 11.9. The van der Waals surface area contributed by atoms with E-state index in [-0.39, 0.29) is 18.2 Å². The molecule has 0 spiro atoms. The average molecular weight is 230 g/mol. The summed E-state index contributed by atoms with van der Waals surface area (Å²) in [6.07, 6.45) is -5.31. The van der Waals surface area contributed by atoms with Gasteiger partial charge < -0.3 is 10.2 Å². The van der Waals surface area contributed by atoms with Crippen LogP contribution in [0.25, 0.3) is 0 Å². The Balaban J connectivity index is 0.00000169. The second-order valence-electron chi connectivity index (χ2n) is 2.87. The molecule has 0 aliphatic heterocycles. The topological polar surface area (TPSA) is 39.2 Å². The van der Waals surface area contributed by atoms with Gasteiger partial charge in [0.2, 0.25) is 0 Å². The van der Waals surface area contributed by atoms with Crippen molar-refractivity contribution in [1.29, 1.82) is 0 Å². The summed E-state index contributed by atoms with van der Waals surface area (Å²) in [7, 11) is 0. The third kappa shape index (κ3) is 4.02. The normalized spacial score (nSPS) is 13.5. The van der Waals surface area contributed by atoms with Crippen molar-refractivity contribution in [2.45, 2.75) is 25.6 Å². The Morgan fingerprint density at radius 3 is 2.36 bits per heavy atom. The van der Waals surface area contributed by atoms with Crippen LogP contribution < -0.4 is 5.73 Å². The maximum Gasteiger partial charge on any atom is 0.391 e. The fraction of sp³-hybridized carbons (Fsp3) is 0.500. The van der Waals surface area contributed by atoms with Gasteiger partial charge in [0.25, 0.3) is 0 Å². The molecule has 2 nitrogen and oxygen atoms in total. The lowest BCUT2D eigenvalue weighted by Gasteiger charge is -2.11. The second kappa shape index (κ2) is 4.70. The quantitative estimate of drug-likeness (QED) is 0.847. The number of hydrogen-bond donors (Lipinski definition) is 1. The van der Waals surface area contributed by atoms with E-state index < -0.39 is 18.6 Å². The minimum atomic E-state index is -4.25. The summed E-state index contributed by atoms with van der Waals surface area (Å²) in [5.74, 6) is 0.738. The van der Waals surface area contributed by atoms with Crippen LogP contribution in [0.3, 0.4) is 0 Å². The largest absolute Gasteiger partial charge is 0.465 e. The third-order valence-electron chi connectivity index (χ3n) is 1.58. The molecule has 1 aromatic heterocycles. The number of aryl methyl sites for hydroxylation is 1. The molecule has 1 atom stereocenters. The van der Waals surface area contributed by atoms with Gasteiger partial charge in [0, 0.05) is 0 Å². The van der Waals surface area contributed by atoms with Crippen LogP contribution >= 0.6 is 12.4 Å². The summed E-state index contributed by atoms with van der Waals surface area (Å²) >= 11 is 0. The Hall–Kier alpha value is -0.680. The first kappa shape index (κ1) is 13.3. The predicted molar refractivity (Wildman–Crippen MR) is 48.3 cm³/mol. The maximum atomic E-state index is 11.9. The summed E-state index contributed by atoms with van der Waals surface area (Å²) in [5.41, 5.74) is 5.28. The van der Waals surface area contributed by atoms with E-state index in [1.165, 1.54) is 6.07 Å². The lowest BCUT2D eigenvalue weighted by molar-refractivity contribution is -0.139. The number of rotatable bonds is 2. The van der Waals surface area contributed by atoms with E-state index in [1.54, 1.807) is 13.0 Å². The van der Waals surface area contributed by atoms with Crippen LogP contribution in [0.15, 0.2) is 16.5 Å². The van der Waals surface area contributed by atoms with Crippen molar-refractivity contribution < 1.29 is 17.6 Å². The Bertz CT molecular complexity index is 284. The van der Waals surface area contributed by atoms with Crippen LogP contribution in [0.5, 0.6) is 0 Å². The number of furan rings is 1. The van der Waals surface area contributed by atoms with Gasteiger partial charge in [-0.1, -0.05) is 0 Å². The number of halogens is 4. The second-order valence-corrected chi connectivity index (χ2v) is 2.87. The molecule has 0 radical (unpaired) electrons. The summed E-state index contributed by atoms with van der Waals surface area (Å²) < 4.78 is 40.6. The summed E-state index contributed by atoms with van der Waals surface area (Å²) in [6.45, 7) is 1.66. The van der Waals surface area contributed by atoms with Crippen molar-refractivity contribution in [1.82, 2.24) is 0 Å². The number of alkyl halides is 3. The van der Waals surface area contributed by atoms with E-state index in [2.05, 4.69) is 0 Å². The van der Waals surface area contributed by atoms with Gasteiger partial charge in [-0.2, -0.15) is 13.2 Å². The van der Waals surface area contributed by atoms with Gasteiger partial charge in [0.1, 0.15) is 11.5 Å². The lowest BCUT2D eigenvalue weighted by atomic mass is 10.2. The van der Waals surface area contributed by atoms with Gasteiger partial charge in [0.05, 0.1) is 12.5 Å². The standard InChI is InChI=1S/C8H10F3NO.ClH/c1-5-2-3-7(13-5)6(12)4-8(9,10)11;/h2-3,6H,4,12H2,1H3;1H/t6-;/m0./s1. The van der Waals surface area contributed by atoms with E-state index in [1.807, 2.05) is 0 Å². The van der Waals surface area contributed by atoms with Gasteiger partial charge in [-0.25, -0.2) is 0 Å². The van der Waals surface area contributed by atoms with Crippen molar-refractivity contribution in [2.24, 2.45) is 5.73 Å². The molecule has 82 valence electrons.